The summed E-state index contributed by atoms with van der Waals surface area (Å²) in [5.41, 5.74) is 2.45. The van der Waals surface area contributed by atoms with E-state index in [0.717, 1.165) is 0 Å². The highest BCUT2D eigenvalue weighted by Crippen LogP contribution is 2.13. The van der Waals surface area contributed by atoms with Crippen molar-refractivity contribution in [2.24, 2.45) is 5.84 Å². The summed E-state index contributed by atoms with van der Waals surface area (Å²) in [5, 5.41) is 2.73. The number of carbonyl (C=O) groups is 2. The SMILES string of the molecule is CCNC(=O)CN(CC)Cc1occc1C(=O)NN. The summed E-state index contributed by atoms with van der Waals surface area (Å²) in [6.07, 6.45) is 1.43. The van der Waals surface area contributed by atoms with E-state index < -0.39 is 5.91 Å². The maximum absolute atomic E-state index is 11.5. The fraction of sp³-hybridized carbons (Fsp3) is 0.500. The van der Waals surface area contributed by atoms with Crippen LogP contribution in [0.25, 0.3) is 0 Å². The Morgan fingerprint density at radius 2 is 2.16 bits per heavy atom. The number of furan rings is 1. The van der Waals surface area contributed by atoms with Crippen molar-refractivity contribution in [3.8, 4) is 0 Å². The number of nitrogens with two attached hydrogens (primary N) is 1. The third-order valence-corrected chi connectivity index (χ3v) is 2.68. The summed E-state index contributed by atoms with van der Waals surface area (Å²) in [7, 11) is 0. The highest BCUT2D eigenvalue weighted by molar-refractivity contribution is 5.94. The molecule has 0 radical (unpaired) electrons. The lowest BCUT2D eigenvalue weighted by atomic mass is 10.2. The van der Waals surface area contributed by atoms with Gasteiger partial charge in [0.15, 0.2) is 0 Å². The Balaban J connectivity index is 2.68. The number of hydrazine groups is 1. The summed E-state index contributed by atoms with van der Waals surface area (Å²) in [5.74, 6) is 5.13. The molecule has 0 aliphatic carbocycles. The number of nitrogens with zero attached hydrogens (tertiary/aromatic N) is 1. The largest absolute Gasteiger partial charge is 0.467 e. The van der Waals surface area contributed by atoms with Crippen LogP contribution in [0.1, 0.15) is 30.0 Å². The van der Waals surface area contributed by atoms with E-state index in [2.05, 4.69) is 10.7 Å². The maximum Gasteiger partial charge on any atom is 0.268 e. The number of nitrogen functional groups attached to an aromatic ring is 1. The third-order valence-electron chi connectivity index (χ3n) is 2.68. The molecule has 0 saturated heterocycles. The van der Waals surface area contributed by atoms with Crippen LogP contribution in [-0.4, -0.2) is 36.3 Å². The lowest BCUT2D eigenvalue weighted by Gasteiger charge is -2.18. The molecule has 106 valence electrons. The van der Waals surface area contributed by atoms with Crippen molar-refractivity contribution in [1.29, 1.82) is 0 Å². The molecule has 0 aliphatic rings. The Bertz CT molecular complexity index is 430. The number of amides is 2. The van der Waals surface area contributed by atoms with Crippen LogP contribution in [-0.2, 0) is 11.3 Å². The first-order valence-electron chi connectivity index (χ1n) is 6.18. The second-order valence-corrected chi connectivity index (χ2v) is 3.99. The van der Waals surface area contributed by atoms with Gasteiger partial charge < -0.3 is 9.73 Å². The van der Waals surface area contributed by atoms with Gasteiger partial charge in [-0.3, -0.25) is 19.9 Å². The molecule has 4 N–H and O–H groups in total. The molecule has 2 amide bonds. The second-order valence-electron chi connectivity index (χ2n) is 3.99. The van der Waals surface area contributed by atoms with Crippen LogP contribution < -0.4 is 16.6 Å². The molecule has 0 fully saturated rings. The highest BCUT2D eigenvalue weighted by atomic mass is 16.3. The Labute approximate surface area is 112 Å². The zero-order chi connectivity index (χ0) is 14.3. The maximum atomic E-state index is 11.5. The monoisotopic (exact) mass is 268 g/mol. The van der Waals surface area contributed by atoms with Crippen LogP contribution in [0.15, 0.2) is 16.7 Å². The average Bonchev–Trinajstić information content (AvgIpc) is 2.85. The van der Waals surface area contributed by atoms with Gasteiger partial charge in [-0.25, -0.2) is 5.84 Å². The lowest BCUT2D eigenvalue weighted by Crippen LogP contribution is -2.37. The summed E-state index contributed by atoms with van der Waals surface area (Å²) >= 11 is 0. The van der Waals surface area contributed by atoms with E-state index in [1.165, 1.54) is 6.26 Å². The topological polar surface area (TPSA) is 101 Å². The summed E-state index contributed by atoms with van der Waals surface area (Å²) < 4.78 is 5.27. The van der Waals surface area contributed by atoms with E-state index in [9.17, 15) is 9.59 Å². The predicted molar refractivity (Wildman–Crippen MR) is 70.0 cm³/mol. The number of nitrogens with one attached hydrogen (secondary N) is 2. The molecule has 1 rings (SSSR count). The molecule has 0 unspecified atom stereocenters. The van der Waals surface area contributed by atoms with Crippen LogP contribution in [0.4, 0.5) is 0 Å². The van der Waals surface area contributed by atoms with Gasteiger partial charge in [-0.05, 0) is 19.5 Å². The first kappa shape index (κ1) is 15.2. The van der Waals surface area contributed by atoms with E-state index in [1.54, 1.807) is 6.07 Å². The van der Waals surface area contributed by atoms with Gasteiger partial charge in [0.25, 0.3) is 5.91 Å². The fourth-order valence-electron chi connectivity index (χ4n) is 1.68. The smallest absolute Gasteiger partial charge is 0.268 e. The van der Waals surface area contributed by atoms with Crippen molar-refractivity contribution >= 4 is 11.8 Å². The molecule has 0 saturated carbocycles. The third kappa shape index (κ3) is 4.38. The number of hydrogen-bond donors (Lipinski definition) is 3. The molecule has 0 aliphatic heterocycles. The van der Waals surface area contributed by atoms with E-state index in [0.29, 0.717) is 31.0 Å². The van der Waals surface area contributed by atoms with Crippen molar-refractivity contribution in [2.45, 2.75) is 20.4 Å². The first-order chi connectivity index (χ1) is 9.12. The minimum atomic E-state index is -0.405. The molecular weight excluding hydrogens is 248 g/mol. The molecule has 0 bridgehead atoms. The van der Waals surface area contributed by atoms with Gasteiger partial charge in [0, 0.05) is 6.54 Å². The summed E-state index contributed by atoms with van der Waals surface area (Å²) in [6.45, 7) is 5.70. The Kier molecular flexibility index (Phi) is 6.04. The lowest BCUT2D eigenvalue weighted by molar-refractivity contribution is -0.122. The van der Waals surface area contributed by atoms with Crippen molar-refractivity contribution in [3.63, 3.8) is 0 Å². The highest BCUT2D eigenvalue weighted by Gasteiger charge is 2.17. The number of likely N-dealkylation sites (N-methyl/N-ethyl adjacent to an activating group) is 2. The molecular formula is C12H20N4O3. The van der Waals surface area contributed by atoms with Gasteiger partial charge >= 0.3 is 0 Å². The molecule has 1 aromatic heterocycles. The zero-order valence-electron chi connectivity index (χ0n) is 11.2. The van der Waals surface area contributed by atoms with Gasteiger partial charge in [-0.2, -0.15) is 0 Å². The average molecular weight is 268 g/mol. The minimum absolute atomic E-state index is 0.0549. The number of rotatable bonds is 7. The van der Waals surface area contributed by atoms with Crippen LogP contribution in [0.2, 0.25) is 0 Å². The first-order valence-corrected chi connectivity index (χ1v) is 6.18. The fourth-order valence-corrected chi connectivity index (χ4v) is 1.68. The molecule has 19 heavy (non-hydrogen) atoms. The van der Waals surface area contributed by atoms with E-state index in [-0.39, 0.29) is 12.5 Å². The second kappa shape index (κ2) is 7.55. The van der Waals surface area contributed by atoms with Crippen LogP contribution >= 0.6 is 0 Å². The standard InChI is InChI=1S/C12H20N4O3/c1-3-14-11(17)8-16(4-2)7-10-9(5-6-19-10)12(18)15-13/h5-6H,3-4,7-8,13H2,1-2H3,(H,14,17)(H,15,18). The Morgan fingerprint density at radius 1 is 1.42 bits per heavy atom. The van der Waals surface area contributed by atoms with Crippen LogP contribution in [0.3, 0.4) is 0 Å². The van der Waals surface area contributed by atoms with Gasteiger partial charge in [-0.1, -0.05) is 6.92 Å². The molecule has 0 atom stereocenters. The summed E-state index contributed by atoms with van der Waals surface area (Å²) in [6, 6.07) is 1.55. The molecule has 0 spiro atoms. The number of hydrogen-bond acceptors (Lipinski definition) is 5. The van der Waals surface area contributed by atoms with Crippen molar-refractivity contribution in [3.05, 3.63) is 23.7 Å². The van der Waals surface area contributed by atoms with Crippen LogP contribution in [0, 0.1) is 0 Å². The Morgan fingerprint density at radius 3 is 2.74 bits per heavy atom. The molecule has 1 heterocycles. The van der Waals surface area contributed by atoms with E-state index in [4.69, 9.17) is 10.3 Å². The quantitative estimate of drug-likeness (QED) is 0.362. The predicted octanol–water partition coefficient (Wildman–Crippen LogP) is -0.159. The Hall–Kier alpha value is -1.86. The minimum Gasteiger partial charge on any atom is -0.467 e. The van der Waals surface area contributed by atoms with Crippen molar-refractivity contribution in [1.82, 2.24) is 15.6 Å². The van der Waals surface area contributed by atoms with Gasteiger partial charge in [0.05, 0.1) is 24.9 Å². The summed E-state index contributed by atoms with van der Waals surface area (Å²) in [4.78, 5) is 24.9. The van der Waals surface area contributed by atoms with Gasteiger partial charge in [-0.15, -0.1) is 0 Å². The van der Waals surface area contributed by atoms with E-state index >= 15 is 0 Å². The molecule has 1 aromatic rings. The van der Waals surface area contributed by atoms with Crippen molar-refractivity contribution in [2.75, 3.05) is 19.6 Å². The van der Waals surface area contributed by atoms with Crippen molar-refractivity contribution < 1.29 is 14.0 Å². The van der Waals surface area contributed by atoms with Gasteiger partial charge in [0.2, 0.25) is 5.91 Å². The molecule has 0 aromatic carbocycles. The molecule has 7 nitrogen and oxygen atoms in total. The number of carbonyl (C=O) groups excluding carboxylic acids is 2. The van der Waals surface area contributed by atoms with Crippen LogP contribution in [0.5, 0.6) is 0 Å². The van der Waals surface area contributed by atoms with E-state index in [1.807, 2.05) is 18.7 Å². The molecule has 7 heteroatoms. The normalized spacial score (nSPS) is 10.5. The van der Waals surface area contributed by atoms with Gasteiger partial charge in [0.1, 0.15) is 5.76 Å². The zero-order valence-corrected chi connectivity index (χ0v) is 11.2.